The van der Waals surface area contributed by atoms with E-state index in [1.165, 1.54) is 25.7 Å². The van der Waals surface area contributed by atoms with Gasteiger partial charge in [0.15, 0.2) is 0 Å². The average molecular weight is 241 g/mol. The maximum absolute atomic E-state index is 5.63. The molecule has 0 aromatic rings. The van der Waals surface area contributed by atoms with Crippen LogP contribution in [0, 0.1) is 0 Å². The van der Waals surface area contributed by atoms with Gasteiger partial charge in [-0.15, -0.1) is 23.2 Å². The molecule has 0 heterocycles. The fraction of sp³-hybridized carbons (Fsp3) is 1.00. The zero-order valence-corrected chi connectivity index (χ0v) is 10.8. The van der Waals surface area contributed by atoms with E-state index in [0.29, 0.717) is 6.10 Å². The van der Waals surface area contributed by atoms with Crippen LogP contribution in [-0.2, 0) is 4.74 Å². The molecule has 0 radical (unpaired) electrons. The number of alkyl halides is 2. The molecule has 0 aliphatic carbocycles. The van der Waals surface area contributed by atoms with Crippen LogP contribution >= 0.6 is 23.2 Å². The van der Waals surface area contributed by atoms with Gasteiger partial charge in [-0.05, 0) is 26.7 Å². The number of unbranched alkanes of at least 4 members (excludes halogenated alkanes) is 3. The van der Waals surface area contributed by atoms with Crippen molar-refractivity contribution in [1.29, 1.82) is 0 Å². The van der Waals surface area contributed by atoms with Crippen LogP contribution in [0.2, 0.25) is 0 Å². The first kappa shape index (κ1) is 14.5. The molecule has 86 valence electrons. The second-order valence-corrected chi connectivity index (χ2v) is 4.93. The van der Waals surface area contributed by atoms with Gasteiger partial charge >= 0.3 is 0 Å². The molecule has 0 saturated heterocycles. The summed E-state index contributed by atoms with van der Waals surface area (Å²) in [6.07, 6.45) is 7.38. The number of hydrogen-bond donors (Lipinski definition) is 0. The summed E-state index contributed by atoms with van der Waals surface area (Å²) in [6, 6.07) is 0. The molecule has 0 bridgehead atoms. The minimum atomic E-state index is -0.183. The van der Waals surface area contributed by atoms with Crippen molar-refractivity contribution in [3.63, 3.8) is 0 Å². The van der Waals surface area contributed by atoms with Gasteiger partial charge in [0.25, 0.3) is 0 Å². The van der Waals surface area contributed by atoms with Crippen molar-refractivity contribution in [3.05, 3.63) is 0 Å². The summed E-state index contributed by atoms with van der Waals surface area (Å²) < 4.78 is 5.44. The highest BCUT2D eigenvalue weighted by Crippen LogP contribution is 2.14. The van der Waals surface area contributed by atoms with Crippen molar-refractivity contribution < 1.29 is 4.74 Å². The third-order valence-corrected chi connectivity index (χ3v) is 2.67. The third kappa shape index (κ3) is 10.6. The topological polar surface area (TPSA) is 9.23 Å². The van der Waals surface area contributed by atoms with Gasteiger partial charge in [-0.25, -0.2) is 0 Å². The molecule has 0 N–H and O–H groups in total. The normalized spacial score (nSPS) is 13.5. The predicted molar refractivity (Wildman–Crippen MR) is 64.3 cm³/mol. The Labute approximate surface area is 98.1 Å². The number of halogens is 2. The molecule has 0 aliphatic heterocycles. The van der Waals surface area contributed by atoms with Gasteiger partial charge in [-0.1, -0.05) is 25.7 Å². The molecule has 0 aromatic heterocycles. The summed E-state index contributed by atoms with van der Waals surface area (Å²) in [5, 5.41) is 0. The second kappa shape index (κ2) is 10.1. The number of rotatable bonds is 9. The quantitative estimate of drug-likeness (QED) is 0.425. The Balaban J connectivity index is 3.05. The Morgan fingerprint density at radius 1 is 1.00 bits per heavy atom. The maximum atomic E-state index is 5.63. The zero-order chi connectivity index (χ0) is 10.8. The molecular weight excluding hydrogens is 219 g/mol. The van der Waals surface area contributed by atoms with Crippen LogP contribution in [0.25, 0.3) is 0 Å². The number of ether oxygens (including phenoxy) is 1. The first-order chi connectivity index (χ1) is 6.66. The molecule has 0 saturated carbocycles. The van der Waals surface area contributed by atoms with Crippen LogP contribution in [0.5, 0.6) is 0 Å². The lowest BCUT2D eigenvalue weighted by atomic mass is 10.1. The fourth-order valence-corrected chi connectivity index (χ4v) is 1.76. The van der Waals surface area contributed by atoms with Crippen molar-refractivity contribution in [3.8, 4) is 0 Å². The molecule has 0 spiro atoms. The van der Waals surface area contributed by atoms with E-state index in [9.17, 15) is 0 Å². The smallest absolute Gasteiger partial charge is 0.107 e. The van der Waals surface area contributed by atoms with E-state index in [0.717, 1.165) is 19.4 Å². The summed E-state index contributed by atoms with van der Waals surface area (Å²) in [5.74, 6) is 0. The largest absolute Gasteiger partial charge is 0.379 e. The van der Waals surface area contributed by atoms with Crippen LogP contribution in [0.3, 0.4) is 0 Å². The Kier molecular flexibility index (Phi) is 10.5. The molecule has 3 heteroatoms. The van der Waals surface area contributed by atoms with E-state index >= 15 is 0 Å². The average Bonchev–Trinajstić information content (AvgIpc) is 2.11. The maximum Gasteiger partial charge on any atom is 0.107 e. The van der Waals surface area contributed by atoms with Gasteiger partial charge in [0, 0.05) is 6.61 Å². The van der Waals surface area contributed by atoms with E-state index in [1.807, 2.05) is 6.92 Å². The minimum Gasteiger partial charge on any atom is -0.379 e. The first-order valence-corrected chi connectivity index (χ1v) is 6.43. The highest BCUT2D eigenvalue weighted by molar-refractivity contribution is 6.44. The molecule has 0 fully saturated rings. The van der Waals surface area contributed by atoms with Gasteiger partial charge in [0.2, 0.25) is 0 Å². The Bertz CT molecular complexity index is 118. The summed E-state index contributed by atoms with van der Waals surface area (Å²) in [6.45, 7) is 5.00. The Morgan fingerprint density at radius 2 is 1.57 bits per heavy atom. The fourth-order valence-electron chi connectivity index (χ4n) is 1.45. The van der Waals surface area contributed by atoms with Crippen molar-refractivity contribution in [2.45, 2.75) is 63.3 Å². The van der Waals surface area contributed by atoms with Crippen LogP contribution in [0.1, 0.15) is 52.4 Å². The van der Waals surface area contributed by atoms with E-state index in [2.05, 4.69) is 6.92 Å². The summed E-state index contributed by atoms with van der Waals surface area (Å²) in [7, 11) is 0. The van der Waals surface area contributed by atoms with Crippen LogP contribution in [0.15, 0.2) is 0 Å². The monoisotopic (exact) mass is 240 g/mol. The molecule has 1 atom stereocenters. The van der Waals surface area contributed by atoms with Crippen molar-refractivity contribution >= 4 is 23.2 Å². The van der Waals surface area contributed by atoms with Gasteiger partial charge in [0.1, 0.15) is 4.84 Å². The second-order valence-electron chi connectivity index (χ2n) is 3.65. The molecule has 0 aliphatic rings. The summed E-state index contributed by atoms with van der Waals surface area (Å²) in [4.78, 5) is -0.183. The minimum absolute atomic E-state index is 0.183. The van der Waals surface area contributed by atoms with Crippen LogP contribution in [-0.4, -0.2) is 17.5 Å². The van der Waals surface area contributed by atoms with Gasteiger partial charge in [-0.2, -0.15) is 0 Å². The van der Waals surface area contributed by atoms with E-state index < -0.39 is 0 Å². The van der Waals surface area contributed by atoms with Crippen molar-refractivity contribution in [2.24, 2.45) is 0 Å². The number of hydrogen-bond acceptors (Lipinski definition) is 1. The standard InChI is InChI=1S/C11H22Cl2O/c1-3-14-10(2)8-6-4-5-7-9-11(12)13/h10-11H,3-9H2,1-2H3. The van der Waals surface area contributed by atoms with Gasteiger partial charge in [0.05, 0.1) is 6.10 Å². The lowest BCUT2D eigenvalue weighted by molar-refractivity contribution is 0.0684. The molecular formula is C11H22Cl2O. The Morgan fingerprint density at radius 3 is 2.07 bits per heavy atom. The molecule has 1 nitrogen and oxygen atoms in total. The zero-order valence-electron chi connectivity index (χ0n) is 9.27. The Hall–Kier alpha value is 0.540. The lowest BCUT2D eigenvalue weighted by Gasteiger charge is -2.10. The SMILES string of the molecule is CCOC(C)CCCCCCC(Cl)Cl. The van der Waals surface area contributed by atoms with Crippen molar-refractivity contribution in [2.75, 3.05) is 6.61 Å². The van der Waals surface area contributed by atoms with Crippen LogP contribution < -0.4 is 0 Å². The van der Waals surface area contributed by atoms with E-state index in [4.69, 9.17) is 27.9 Å². The molecule has 0 rings (SSSR count). The molecule has 14 heavy (non-hydrogen) atoms. The molecule has 0 amide bonds. The predicted octanol–water partition coefficient (Wildman–Crippen LogP) is 4.56. The van der Waals surface area contributed by atoms with Crippen LogP contribution in [0.4, 0.5) is 0 Å². The lowest BCUT2D eigenvalue weighted by Crippen LogP contribution is -2.07. The molecule has 0 aromatic carbocycles. The highest BCUT2D eigenvalue weighted by Gasteiger charge is 2.01. The summed E-state index contributed by atoms with van der Waals surface area (Å²) in [5.41, 5.74) is 0. The van der Waals surface area contributed by atoms with E-state index in [1.54, 1.807) is 0 Å². The van der Waals surface area contributed by atoms with E-state index in [-0.39, 0.29) is 4.84 Å². The summed E-state index contributed by atoms with van der Waals surface area (Å²) >= 11 is 11.3. The van der Waals surface area contributed by atoms with Crippen molar-refractivity contribution in [1.82, 2.24) is 0 Å². The van der Waals surface area contributed by atoms with Gasteiger partial charge < -0.3 is 4.74 Å². The first-order valence-electron chi connectivity index (χ1n) is 5.56. The highest BCUT2D eigenvalue weighted by atomic mass is 35.5. The van der Waals surface area contributed by atoms with Gasteiger partial charge in [-0.3, -0.25) is 0 Å². The molecule has 1 unspecified atom stereocenters. The third-order valence-electron chi connectivity index (χ3n) is 2.23.